The standard InChI is InChI=1S/C20H37NO13/c1-20(2,3)34-19(29)21-5-4-6-30-17-15(28)13(26)16(10(8-23)32-17)33-18-14(27)12(25)11(24)9(7-22)31-18/h9-18,22-28H,4-8H2,1-3H3,(H,21,29)/t9-,10-,11+,12+,13-,14-,15-,16+,17-,18-/m1/s1. The smallest absolute Gasteiger partial charge is 0.407 e. The highest BCUT2D eigenvalue weighted by molar-refractivity contribution is 5.67. The molecule has 0 aliphatic carbocycles. The third-order valence-electron chi connectivity index (χ3n) is 5.23. The van der Waals surface area contributed by atoms with Crippen LogP contribution in [-0.4, -0.2) is 135 Å². The third-order valence-corrected chi connectivity index (χ3v) is 5.23. The second-order valence-corrected chi connectivity index (χ2v) is 9.16. The number of carbonyl (C=O) groups is 1. The predicted molar refractivity (Wildman–Crippen MR) is 111 cm³/mol. The van der Waals surface area contributed by atoms with E-state index in [1.807, 2.05) is 0 Å². The van der Waals surface area contributed by atoms with Gasteiger partial charge in [-0.25, -0.2) is 4.79 Å². The minimum absolute atomic E-state index is 0.0284. The molecule has 0 saturated carbocycles. The normalized spacial score (nSPS) is 39.0. The molecular formula is C20H37NO13. The lowest BCUT2D eigenvalue weighted by Crippen LogP contribution is -2.64. The van der Waals surface area contributed by atoms with Gasteiger partial charge in [0.2, 0.25) is 0 Å². The number of aliphatic hydroxyl groups excluding tert-OH is 7. The fourth-order valence-corrected chi connectivity index (χ4v) is 3.47. The molecule has 0 aromatic heterocycles. The first-order chi connectivity index (χ1) is 15.9. The first-order valence-corrected chi connectivity index (χ1v) is 11.1. The molecule has 0 radical (unpaired) electrons. The van der Waals surface area contributed by atoms with Gasteiger partial charge in [0.1, 0.15) is 54.4 Å². The molecule has 0 unspecified atom stereocenters. The van der Waals surface area contributed by atoms with Crippen LogP contribution in [0, 0.1) is 0 Å². The summed E-state index contributed by atoms with van der Waals surface area (Å²) in [6.45, 7) is 4.09. The predicted octanol–water partition coefficient (Wildman–Crippen LogP) is -3.46. The molecule has 14 nitrogen and oxygen atoms in total. The number of nitrogens with one attached hydrogen (secondary N) is 1. The molecule has 2 heterocycles. The lowest BCUT2D eigenvalue weighted by Gasteiger charge is -2.45. The number of alkyl carbamates (subject to hydrolysis) is 1. The highest BCUT2D eigenvalue weighted by atomic mass is 16.7. The Labute approximate surface area is 197 Å². The lowest BCUT2D eigenvalue weighted by atomic mass is 9.97. The summed E-state index contributed by atoms with van der Waals surface area (Å²) in [4.78, 5) is 11.6. The maximum Gasteiger partial charge on any atom is 0.407 e. The van der Waals surface area contributed by atoms with Crippen molar-refractivity contribution in [1.29, 1.82) is 0 Å². The van der Waals surface area contributed by atoms with Crippen molar-refractivity contribution in [3.05, 3.63) is 0 Å². The fraction of sp³-hybridized carbons (Fsp3) is 0.950. The van der Waals surface area contributed by atoms with Gasteiger partial charge in [0.25, 0.3) is 0 Å². The van der Waals surface area contributed by atoms with Crippen LogP contribution in [0.25, 0.3) is 0 Å². The minimum Gasteiger partial charge on any atom is -0.444 e. The van der Waals surface area contributed by atoms with E-state index in [4.69, 9.17) is 23.7 Å². The molecule has 34 heavy (non-hydrogen) atoms. The van der Waals surface area contributed by atoms with Gasteiger partial charge in [0, 0.05) is 6.54 Å². The van der Waals surface area contributed by atoms with Gasteiger partial charge in [-0.1, -0.05) is 0 Å². The largest absolute Gasteiger partial charge is 0.444 e. The van der Waals surface area contributed by atoms with E-state index in [2.05, 4.69) is 5.32 Å². The second kappa shape index (κ2) is 12.7. The summed E-state index contributed by atoms with van der Waals surface area (Å²) >= 11 is 0. The Bertz CT molecular complexity index is 628. The van der Waals surface area contributed by atoms with Gasteiger partial charge in [-0.2, -0.15) is 0 Å². The van der Waals surface area contributed by atoms with Crippen molar-refractivity contribution in [2.24, 2.45) is 0 Å². The van der Waals surface area contributed by atoms with Crippen molar-refractivity contribution in [2.45, 2.75) is 94.2 Å². The molecule has 8 N–H and O–H groups in total. The van der Waals surface area contributed by atoms with E-state index >= 15 is 0 Å². The van der Waals surface area contributed by atoms with Crippen molar-refractivity contribution in [3.63, 3.8) is 0 Å². The van der Waals surface area contributed by atoms with Crippen LogP contribution >= 0.6 is 0 Å². The molecular weight excluding hydrogens is 462 g/mol. The average molecular weight is 500 g/mol. The summed E-state index contributed by atoms with van der Waals surface area (Å²) in [7, 11) is 0. The second-order valence-electron chi connectivity index (χ2n) is 9.16. The molecule has 0 aromatic rings. The van der Waals surface area contributed by atoms with E-state index in [0.717, 1.165) is 0 Å². The van der Waals surface area contributed by atoms with Crippen LogP contribution in [0.4, 0.5) is 4.79 Å². The molecule has 2 aliphatic rings. The topological polar surface area (TPSA) is 217 Å². The van der Waals surface area contributed by atoms with Crippen molar-refractivity contribution in [3.8, 4) is 0 Å². The molecule has 2 aliphatic heterocycles. The van der Waals surface area contributed by atoms with Crippen LogP contribution < -0.4 is 5.32 Å². The molecule has 0 aromatic carbocycles. The number of amides is 1. The van der Waals surface area contributed by atoms with Gasteiger partial charge in [0.05, 0.1) is 19.8 Å². The number of hydrogen-bond acceptors (Lipinski definition) is 13. The minimum atomic E-state index is -1.74. The average Bonchev–Trinajstić information content (AvgIpc) is 2.76. The summed E-state index contributed by atoms with van der Waals surface area (Å²) in [5, 5.41) is 72.3. The van der Waals surface area contributed by atoms with Crippen LogP contribution in [0.2, 0.25) is 0 Å². The van der Waals surface area contributed by atoms with E-state index in [9.17, 15) is 40.5 Å². The maximum atomic E-state index is 11.6. The Hall–Kier alpha value is -1.17. The number of carbonyl (C=O) groups excluding carboxylic acids is 1. The van der Waals surface area contributed by atoms with Crippen LogP contribution in [0.5, 0.6) is 0 Å². The Kier molecular flexibility index (Phi) is 10.8. The van der Waals surface area contributed by atoms with Crippen molar-refractivity contribution >= 4 is 6.09 Å². The first-order valence-electron chi connectivity index (χ1n) is 11.1. The molecule has 0 bridgehead atoms. The summed E-state index contributed by atoms with van der Waals surface area (Å²) in [6, 6.07) is 0. The van der Waals surface area contributed by atoms with E-state index in [-0.39, 0.29) is 13.2 Å². The third kappa shape index (κ3) is 7.66. The molecule has 0 spiro atoms. The molecule has 14 heteroatoms. The van der Waals surface area contributed by atoms with Crippen LogP contribution in [0.1, 0.15) is 27.2 Å². The zero-order valence-corrected chi connectivity index (χ0v) is 19.4. The summed E-state index contributed by atoms with van der Waals surface area (Å²) in [6.07, 6.45) is -15.4. The number of hydrogen-bond donors (Lipinski definition) is 8. The summed E-state index contributed by atoms with van der Waals surface area (Å²) in [5.41, 5.74) is -0.635. The van der Waals surface area contributed by atoms with Crippen molar-refractivity contribution < 1.29 is 64.2 Å². The number of ether oxygens (including phenoxy) is 5. The Morgan fingerprint density at radius 2 is 1.44 bits per heavy atom. The van der Waals surface area contributed by atoms with E-state index in [0.29, 0.717) is 6.42 Å². The van der Waals surface area contributed by atoms with Crippen LogP contribution in [-0.2, 0) is 23.7 Å². The van der Waals surface area contributed by atoms with E-state index < -0.39 is 86.3 Å². The van der Waals surface area contributed by atoms with Crippen LogP contribution in [0.3, 0.4) is 0 Å². The molecule has 2 rings (SSSR count). The number of rotatable bonds is 9. The fourth-order valence-electron chi connectivity index (χ4n) is 3.47. The zero-order valence-electron chi connectivity index (χ0n) is 19.4. The lowest BCUT2D eigenvalue weighted by molar-refractivity contribution is -0.359. The first kappa shape index (κ1) is 29.1. The summed E-state index contributed by atoms with van der Waals surface area (Å²) in [5.74, 6) is 0. The van der Waals surface area contributed by atoms with Crippen molar-refractivity contribution in [2.75, 3.05) is 26.4 Å². The highest BCUT2D eigenvalue weighted by Crippen LogP contribution is 2.29. The van der Waals surface area contributed by atoms with Crippen molar-refractivity contribution in [1.82, 2.24) is 5.32 Å². The quantitative estimate of drug-likeness (QED) is 0.145. The SMILES string of the molecule is CC(C)(C)OC(=O)NCCCO[C@@H]1O[C@H](CO)[C@H](O[C@H]2O[C@H](CO)[C@H](O)[C@H](O)[C@H]2O)[C@H](O)[C@H]1O. The van der Waals surface area contributed by atoms with Gasteiger partial charge in [-0.15, -0.1) is 0 Å². The Morgan fingerprint density at radius 1 is 0.853 bits per heavy atom. The van der Waals surface area contributed by atoms with Gasteiger partial charge in [-0.3, -0.25) is 0 Å². The summed E-state index contributed by atoms with van der Waals surface area (Å²) < 4.78 is 26.7. The highest BCUT2D eigenvalue weighted by Gasteiger charge is 2.50. The van der Waals surface area contributed by atoms with Gasteiger partial charge >= 0.3 is 6.09 Å². The van der Waals surface area contributed by atoms with Crippen LogP contribution in [0.15, 0.2) is 0 Å². The van der Waals surface area contributed by atoms with Gasteiger partial charge < -0.3 is 64.7 Å². The molecule has 2 fully saturated rings. The Balaban J connectivity index is 1.87. The molecule has 1 amide bonds. The van der Waals surface area contributed by atoms with Gasteiger partial charge in [0.15, 0.2) is 12.6 Å². The number of aliphatic hydroxyl groups is 7. The van der Waals surface area contributed by atoms with E-state index in [1.54, 1.807) is 20.8 Å². The monoisotopic (exact) mass is 499 g/mol. The zero-order chi connectivity index (χ0) is 25.6. The maximum absolute atomic E-state index is 11.6. The molecule has 200 valence electrons. The molecule has 2 saturated heterocycles. The van der Waals surface area contributed by atoms with E-state index in [1.165, 1.54) is 0 Å². The Morgan fingerprint density at radius 3 is 2.03 bits per heavy atom. The van der Waals surface area contributed by atoms with Gasteiger partial charge in [-0.05, 0) is 27.2 Å². The molecule has 10 atom stereocenters.